The number of hydrogen-bond donors (Lipinski definition) is 1. The van der Waals surface area contributed by atoms with Crippen molar-refractivity contribution in [3.05, 3.63) is 27.8 Å². The Labute approximate surface area is 110 Å². The van der Waals surface area contributed by atoms with Gasteiger partial charge >= 0.3 is 0 Å². The first-order chi connectivity index (χ1) is 8.18. The van der Waals surface area contributed by atoms with Gasteiger partial charge in [-0.1, -0.05) is 18.5 Å². The fourth-order valence-electron chi connectivity index (χ4n) is 2.57. The van der Waals surface area contributed by atoms with Crippen LogP contribution in [0.15, 0.2) is 6.07 Å². The van der Waals surface area contributed by atoms with Crippen LogP contribution in [0.2, 0.25) is 5.02 Å². The quantitative estimate of drug-likeness (QED) is 0.785. The minimum Gasteiger partial charge on any atom is -0.493 e. The van der Waals surface area contributed by atoms with Gasteiger partial charge in [-0.2, -0.15) is 11.8 Å². The van der Waals surface area contributed by atoms with Crippen LogP contribution in [-0.4, -0.2) is 17.5 Å². The summed E-state index contributed by atoms with van der Waals surface area (Å²) >= 11 is 8.18. The summed E-state index contributed by atoms with van der Waals surface area (Å²) in [6.07, 6.45) is 0.459. The zero-order valence-corrected chi connectivity index (χ0v) is 11.3. The van der Waals surface area contributed by atoms with E-state index in [2.05, 4.69) is 6.92 Å². The highest BCUT2D eigenvalue weighted by molar-refractivity contribution is 7.98. The van der Waals surface area contributed by atoms with Crippen LogP contribution in [0.4, 0.5) is 0 Å². The molecule has 2 atom stereocenters. The van der Waals surface area contributed by atoms with Gasteiger partial charge in [0.15, 0.2) is 0 Å². The van der Waals surface area contributed by atoms with Gasteiger partial charge in [0.05, 0.1) is 12.7 Å². The normalized spacial score (nSPS) is 27.0. The molecule has 0 amide bonds. The van der Waals surface area contributed by atoms with Gasteiger partial charge in [0.25, 0.3) is 0 Å². The second-order valence-corrected chi connectivity index (χ2v) is 6.21. The molecule has 3 rings (SSSR count). The van der Waals surface area contributed by atoms with Crippen LogP contribution in [0, 0.1) is 5.92 Å². The van der Waals surface area contributed by atoms with Crippen LogP contribution < -0.4 is 4.74 Å². The molecule has 0 bridgehead atoms. The minimum atomic E-state index is -0.470. The summed E-state index contributed by atoms with van der Waals surface area (Å²) in [5.74, 6) is 3.06. The molecule has 0 saturated heterocycles. The Morgan fingerprint density at radius 1 is 1.53 bits per heavy atom. The lowest BCUT2D eigenvalue weighted by atomic mass is 9.93. The van der Waals surface area contributed by atoms with Gasteiger partial charge in [0.1, 0.15) is 5.75 Å². The maximum atomic E-state index is 10.4. The van der Waals surface area contributed by atoms with E-state index >= 15 is 0 Å². The van der Waals surface area contributed by atoms with Crippen LogP contribution in [0.3, 0.4) is 0 Å². The third-order valence-corrected chi connectivity index (χ3v) is 5.10. The van der Waals surface area contributed by atoms with Crippen molar-refractivity contribution in [2.75, 3.05) is 12.4 Å². The van der Waals surface area contributed by atoms with Crippen molar-refractivity contribution in [2.45, 2.75) is 25.2 Å². The van der Waals surface area contributed by atoms with E-state index in [1.54, 1.807) is 0 Å². The van der Waals surface area contributed by atoms with Crippen LogP contribution in [0.25, 0.3) is 0 Å². The Hall–Kier alpha value is -0.380. The molecule has 0 radical (unpaired) electrons. The highest BCUT2D eigenvalue weighted by atomic mass is 35.5. The van der Waals surface area contributed by atoms with Gasteiger partial charge in [-0.05, 0) is 23.3 Å². The first-order valence-electron chi connectivity index (χ1n) is 5.91. The predicted molar refractivity (Wildman–Crippen MR) is 70.9 cm³/mol. The lowest BCUT2D eigenvalue weighted by Crippen LogP contribution is -2.11. The molecule has 2 nitrogen and oxygen atoms in total. The standard InChI is InChI=1S/C13H15ClO2S/c1-7-5-17-6-9-11(12(7)15)10(14)4-8-2-3-16-13(8)9/h4,7,12,15H,2-3,5-6H2,1H3. The van der Waals surface area contributed by atoms with Gasteiger partial charge < -0.3 is 9.84 Å². The number of benzene rings is 1. The molecule has 17 heavy (non-hydrogen) atoms. The molecule has 0 aromatic heterocycles. The first-order valence-corrected chi connectivity index (χ1v) is 7.44. The number of thioether (sulfide) groups is 1. The predicted octanol–water partition coefficient (Wildman–Crippen LogP) is 3.19. The molecule has 1 aromatic carbocycles. The van der Waals surface area contributed by atoms with Crippen LogP contribution in [-0.2, 0) is 12.2 Å². The van der Waals surface area contributed by atoms with Crippen molar-refractivity contribution in [2.24, 2.45) is 5.92 Å². The van der Waals surface area contributed by atoms with Crippen molar-refractivity contribution in [3.63, 3.8) is 0 Å². The summed E-state index contributed by atoms with van der Waals surface area (Å²) in [6.45, 7) is 2.80. The number of aliphatic hydroxyl groups is 1. The highest BCUT2D eigenvalue weighted by Crippen LogP contribution is 2.45. The number of hydrogen-bond acceptors (Lipinski definition) is 3. The largest absolute Gasteiger partial charge is 0.493 e. The minimum absolute atomic E-state index is 0.234. The summed E-state index contributed by atoms with van der Waals surface area (Å²) in [6, 6.07) is 1.97. The van der Waals surface area contributed by atoms with Gasteiger partial charge in [-0.3, -0.25) is 0 Å². The monoisotopic (exact) mass is 270 g/mol. The fourth-order valence-corrected chi connectivity index (χ4v) is 4.09. The maximum Gasteiger partial charge on any atom is 0.127 e. The van der Waals surface area contributed by atoms with Crippen LogP contribution >= 0.6 is 23.4 Å². The number of rotatable bonds is 0. The van der Waals surface area contributed by atoms with E-state index < -0.39 is 6.10 Å². The summed E-state index contributed by atoms with van der Waals surface area (Å²) in [7, 11) is 0. The first kappa shape index (κ1) is 11.7. The third-order valence-electron chi connectivity index (χ3n) is 3.53. The molecular weight excluding hydrogens is 256 g/mol. The average Bonchev–Trinajstić information content (AvgIpc) is 2.69. The molecule has 0 fully saturated rings. The summed E-state index contributed by atoms with van der Waals surface area (Å²) in [5.41, 5.74) is 3.20. The Bertz CT molecular complexity index is 461. The molecule has 0 aliphatic carbocycles. The van der Waals surface area contributed by atoms with Crippen molar-refractivity contribution >= 4 is 23.4 Å². The van der Waals surface area contributed by atoms with E-state index in [9.17, 15) is 5.11 Å². The maximum absolute atomic E-state index is 10.4. The lowest BCUT2D eigenvalue weighted by molar-refractivity contribution is 0.129. The Morgan fingerprint density at radius 3 is 3.18 bits per heavy atom. The zero-order chi connectivity index (χ0) is 12.0. The molecule has 1 N–H and O–H groups in total. The van der Waals surface area contributed by atoms with E-state index in [0.717, 1.165) is 41.4 Å². The second-order valence-electron chi connectivity index (χ2n) is 4.77. The third kappa shape index (κ3) is 1.85. The Morgan fingerprint density at radius 2 is 2.35 bits per heavy atom. The molecule has 4 heteroatoms. The van der Waals surface area contributed by atoms with Crippen LogP contribution in [0.1, 0.15) is 29.7 Å². The second kappa shape index (κ2) is 4.38. The smallest absolute Gasteiger partial charge is 0.127 e. The van der Waals surface area contributed by atoms with E-state index in [1.165, 1.54) is 5.56 Å². The summed E-state index contributed by atoms with van der Waals surface area (Å²) in [5, 5.41) is 11.1. The van der Waals surface area contributed by atoms with E-state index in [-0.39, 0.29) is 5.92 Å². The highest BCUT2D eigenvalue weighted by Gasteiger charge is 2.30. The molecule has 92 valence electrons. The van der Waals surface area contributed by atoms with Crippen LogP contribution in [0.5, 0.6) is 5.75 Å². The van der Waals surface area contributed by atoms with Crippen molar-refractivity contribution < 1.29 is 9.84 Å². The fraction of sp³-hybridized carbons (Fsp3) is 0.538. The van der Waals surface area contributed by atoms with Gasteiger partial charge in [-0.25, -0.2) is 0 Å². The molecular formula is C13H15ClO2S. The topological polar surface area (TPSA) is 29.5 Å². The van der Waals surface area contributed by atoms with Gasteiger partial charge in [0.2, 0.25) is 0 Å². The molecule has 2 heterocycles. The van der Waals surface area contributed by atoms with Crippen molar-refractivity contribution in [3.8, 4) is 5.75 Å². The molecule has 2 aliphatic rings. The number of aliphatic hydroxyl groups excluding tert-OH is 1. The molecule has 2 unspecified atom stereocenters. The Kier molecular flexibility index (Phi) is 3.01. The molecule has 2 aliphatic heterocycles. The number of fused-ring (bicyclic) bond motifs is 3. The van der Waals surface area contributed by atoms with Gasteiger partial charge in [0, 0.05) is 28.3 Å². The van der Waals surface area contributed by atoms with E-state index in [1.807, 2.05) is 17.8 Å². The number of ether oxygens (including phenoxy) is 1. The van der Waals surface area contributed by atoms with E-state index in [0.29, 0.717) is 5.02 Å². The van der Waals surface area contributed by atoms with E-state index in [4.69, 9.17) is 16.3 Å². The number of halogens is 1. The summed E-state index contributed by atoms with van der Waals surface area (Å²) < 4.78 is 5.71. The summed E-state index contributed by atoms with van der Waals surface area (Å²) in [4.78, 5) is 0. The van der Waals surface area contributed by atoms with Crippen molar-refractivity contribution in [1.82, 2.24) is 0 Å². The Balaban J connectivity index is 2.19. The zero-order valence-electron chi connectivity index (χ0n) is 9.70. The molecule has 1 aromatic rings. The van der Waals surface area contributed by atoms with Crippen molar-refractivity contribution in [1.29, 1.82) is 0 Å². The van der Waals surface area contributed by atoms with Gasteiger partial charge in [-0.15, -0.1) is 0 Å². The molecule has 0 saturated carbocycles. The molecule has 0 spiro atoms. The lowest BCUT2D eigenvalue weighted by Gasteiger charge is -2.20. The average molecular weight is 271 g/mol. The SMILES string of the molecule is CC1CSCc2c3c(cc(Cl)c2C1O)CCO3.